The van der Waals surface area contributed by atoms with Crippen LogP contribution < -0.4 is 10.6 Å². The Morgan fingerprint density at radius 1 is 1.45 bits per heavy atom. The monoisotopic (exact) mass is 327 g/mol. The number of carbonyl (C=O) groups excluding carboxylic acids is 1. The van der Waals surface area contributed by atoms with E-state index in [2.05, 4.69) is 10.6 Å². The maximum Gasteiger partial charge on any atom is 0.224 e. The molecule has 1 unspecified atom stereocenters. The van der Waals surface area contributed by atoms with E-state index in [9.17, 15) is 13.2 Å². The van der Waals surface area contributed by atoms with Crippen LogP contribution in [0.2, 0.25) is 0 Å². The first-order chi connectivity index (χ1) is 8.97. The van der Waals surface area contributed by atoms with Gasteiger partial charge >= 0.3 is 0 Å². The SMILES string of the molecule is CCS(=O)(=O)N(C)CCCNC(=O)C1CCCNC1.Cl. The van der Waals surface area contributed by atoms with Crippen molar-refractivity contribution in [1.82, 2.24) is 14.9 Å². The largest absolute Gasteiger partial charge is 0.356 e. The molecule has 8 heteroatoms. The number of amides is 1. The second-order valence-corrected chi connectivity index (χ2v) is 7.27. The van der Waals surface area contributed by atoms with Gasteiger partial charge in [-0.1, -0.05) is 0 Å². The van der Waals surface area contributed by atoms with Crippen molar-refractivity contribution in [3.63, 3.8) is 0 Å². The Balaban J connectivity index is 0.00000361. The molecule has 0 aromatic heterocycles. The predicted octanol–water partition coefficient (Wildman–Crippen LogP) is 0.196. The summed E-state index contributed by atoms with van der Waals surface area (Å²) in [5.41, 5.74) is 0. The van der Waals surface area contributed by atoms with E-state index in [1.165, 1.54) is 4.31 Å². The van der Waals surface area contributed by atoms with Gasteiger partial charge in [-0.2, -0.15) is 0 Å². The molecule has 1 rings (SSSR count). The number of carbonyl (C=O) groups is 1. The zero-order valence-corrected chi connectivity index (χ0v) is 13.9. The fourth-order valence-electron chi connectivity index (χ4n) is 2.09. The second kappa shape index (κ2) is 9.55. The van der Waals surface area contributed by atoms with Crippen molar-refractivity contribution in [3.8, 4) is 0 Å². The Bertz CT molecular complexity index is 383. The normalized spacial score (nSPS) is 19.4. The van der Waals surface area contributed by atoms with Crippen molar-refractivity contribution < 1.29 is 13.2 Å². The fourth-order valence-corrected chi connectivity index (χ4v) is 2.94. The van der Waals surface area contributed by atoms with Crippen LogP contribution in [0.5, 0.6) is 0 Å². The third kappa shape index (κ3) is 6.39. The van der Waals surface area contributed by atoms with Gasteiger partial charge in [-0.3, -0.25) is 4.79 Å². The summed E-state index contributed by atoms with van der Waals surface area (Å²) in [6.45, 7) is 4.33. The smallest absolute Gasteiger partial charge is 0.224 e. The first-order valence-electron chi connectivity index (χ1n) is 6.90. The molecule has 0 saturated carbocycles. The molecule has 1 aliphatic heterocycles. The van der Waals surface area contributed by atoms with E-state index in [4.69, 9.17) is 0 Å². The average molecular weight is 328 g/mol. The van der Waals surface area contributed by atoms with E-state index < -0.39 is 10.0 Å². The summed E-state index contributed by atoms with van der Waals surface area (Å²) in [5, 5.41) is 6.08. The summed E-state index contributed by atoms with van der Waals surface area (Å²) in [4.78, 5) is 11.8. The molecule has 1 heterocycles. The summed E-state index contributed by atoms with van der Waals surface area (Å²) in [6.07, 6.45) is 2.61. The van der Waals surface area contributed by atoms with Gasteiger partial charge in [-0.05, 0) is 32.7 Å². The van der Waals surface area contributed by atoms with E-state index in [0.717, 1.165) is 25.9 Å². The van der Waals surface area contributed by atoms with Gasteiger partial charge in [-0.25, -0.2) is 12.7 Å². The summed E-state index contributed by atoms with van der Waals surface area (Å²) < 4.78 is 24.4. The number of hydrogen-bond acceptors (Lipinski definition) is 4. The minimum atomic E-state index is -3.11. The van der Waals surface area contributed by atoms with Crippen molar-refractivity contribution in [2.45, 2.75) is 26.2 Å². The lowest BCUT2D eigenvalue weighted by molar-refractivity contribution is -0.125. The summed E-state index contributed by atoms with van der Waals surface area (Å²) >= 11 is 0. The van der Waals surface area contributed by atoms with Gasteiger partial charge in [0.2, 0.25) is 15.9 Å². The van der Waals surface area contributed by atoms with Gasteiger partial charge in [0, 0.05) is 26.7 Å². The van der Waals surface area contributed by atoms with Crippen molar-refractivity contribution in [3.05, 3.63) is 0 Å². The molecule has 1 atom stereocenters. The molecule has 120 valence electrons. The molecule has 0 aromatic rings. The molecule has 1 amide bonds. The Morgan fingerprint density at radius 3 is 2.70 bits per heavy atom. The average Bonchev–Trinajstić information content (AvgIpc) is 2.43. The van der Waals surface area contributed by atoms with E-state index in [0.29, 0.717) is 19.5 Å². The van der Waals surface area contributed by atoms with E-state index in [-0.39, 0.29) is 30.0 Å². The maximum atomic E-state index is 11.8. The minimum absolute atomic E-state index is 0. The first kappa shape index (κ1) is 19.6. The van der Waals surface area contributed by atoms with Crippen LogP contribution in [0.3, 0.4) is 0 Å². The van der Waals surface area contributed by atoms with Gasteiger partial charge in [-0.15, -0.1) is 12.4 Å². The molecule has 0 aliphatic carbocycles. The highest BCUT2D eigenvalue weighted by Gasteiger charge is 2.20. The van der Waals surface area contributed by atoms with Crippen molar-refractivity contribution in [2.24, 2.45) is 5.92 Å². The Kier molecular flexibility index (Phi) is 9.37. The third-order valence-corrected chi connectivity index (χ3v) is 5.32. The summed E-state index contributed by atoms with van der Waals surface area (Å²) in [7, 11) is -1.53. The molecule has 0 spiro atoms. The molecule has 20 heavy (non-hydrogen) atoms. The zero-order chi connectivity index (χ0) is 14.3. The van der Waals surface area contributed by atoms with Crippen LogP contribution in [-0.2, 0) is 14.8 Å². The number of nitrogens with one attached hydrogen (secondary N) is 2. The molecular formula is C12H26ClN3O3S. The fraction of sp³-hybridized carbons (Fsp3) is 0.917. The molecular weight excluding hydrogens is 302 g/mol. The number of hydrogen-bond donors (Lipinski definition) is 2. The third-order valence-electron chi connectivity index (χ3n) is 3.46. The molecule has 1 aliphatic rings. The predicted molar refractivity (Wildman–Crippen MR) is 82.6 cm³/mol. The van der Waals surface area contributed by atoms with Gasteiger partial charge in [0.15, 0.2) is 0 Å². The number of sulfonamides is 1. The van der Waals surface area contributed by atoms with Crippen molar-refractivity contribution >= 4 is 28.3 Å². The van der Waals surface area contributed by atoms with Crippen molar-refractivity contribution in [2.75, 3.05) is 39.0 Å². The molecule has 1 fully saturated rings. The van der Waals surface area contributed by atoms with E-state index in [1.807, 2.05) is 0 Å². The summed E-state index contributed by atoms with van der Waals surface area (Å²) in [6, 6.07) is 0. The first-order valence-corrected chi connectivity index (χ1v) is 8.50. The number of nitrogens with zero attached hydrogens (tertiary/aromatic N) is 1. The summed E-state index contributed by atoms with van der Waals surface area (Å²) in [5.74, 6) is 0.253. The molecule has 6 nitrogen and oxygen atoms in total. The molecule has 0 radical (unpaired) electrons. The van der Waals surface area contributed by atoms with E-state index in [1.54, 1.807) is 14.0 Å². The van der Waals surface area contributed by atoms with Crippen LogP contribution >= 0.6 is 12.4 Å². The highest BCUT2D eigenvalue weighted by atomic mass is 35.5. The second-order valence-electron chi connectivity index (χ2n) is 4.91. The van der Waals surface area contributed by atoms with Crippen LogP contribution in [0.25, 0.3) is 0 Å². The lowest BCUT2D eigenvalue weighted by atomic mass is 9.99. The highest BCUT2D eigenvalue weighted by Crippen LogP contribution is 2.09. The number of rotatable bonds is 7. The van der Waals surface area contributed by atoms with Crippen LogP contribution in [0.4, 0.5) is 0 Å². The number of halogens is 1. The number of piperidine rings is 1. The molecule has 0 bridgehead atoms. The zero-order valence-electron chi connectivity index (χ0n) is 12.2. The van der Waals surface area contributed by atoms with Crippen LogP contribution in [0.15, 0.2) is 0 Å². The standard InChI is InChI=1S/C12H25N3O3S.ClH/c1-3-19(17,18)15(2)9-5-8-14-12(16)11-6-4-7-13-10-11;/h11,13H,3-10H2,1-2H3,(H,14,16);1H. The Labute approximate surface area is 128 Å². The topological polar surface area (TPSA) is 78.5 Å². The van der Waals surface area contributed by atoms with Crippen molar-refractivity contribution in [1.29, 1.82) is 0 Å². The Hall–Kier alpha value is -0.370. The molecule has 1 saturated heterocycles. The molecule has 0 aromatic carbocycles. The maximum absolute atomic E-state index is 11.8. The van der Waals surface area contributed by atoms with E-state index >= 15 is 0 Å². The quantitative estimate of drug-likeness (QED) is 0.655. The van der Waals surface area contributed by atoms with Gasteiger partial charge in [0.1, 0.15) is 0 Å². The van der Waals surface area contributed by atoms with Gasteiger partial charge < -0.3 is 10.6 Å². The van der Waals surface area contributed by atoms with Gasteiger partial charge in [0.05, 0.1) is 11.7 Å². The van der Waals surface area contributed by atoms with Crippen LogP contribution in [0.1, 0.15) is 26.2 Å². The Morgan fingerprint density at radius 2 is 2.15 bits per heavy atom. The highest BCUT2D eigenvalue weighted by molar-refractivity contribution is 7.89. The van der Waals surface area contributed by atoms with Crippen LogP contribution in [0, 0.1) is 5.92 Å². The lowest BCUT2D eigenvalue weighted by Gasteiger charge is -2.22. The minimum Gasteiger partial charge on any atom is -0.356 e. The van der Waals surface area contributed by atoms with Crippen LogP contribution in [-0.4, -0.2) is 57.6 Å². The lowest BCUT2D eigenvalue weighted by Crippen LogP contribution is -2.41. The van der Waals surface area contributed by atoms with Gasteiger partial charge in [0.25, 0.3) is 0 Å². The molecule has 2 N–H and O–H groups in total.